The Hall–Kier alpha value is -3.75. The van der Waals surface area contributed by atoms with Crippen LogP contribution in [0, 0.1) is 12.8 Å². The molecule has 0 unspecified atom stereocenters. The van der Waals surface area contributed by atoms with Crippen LogP contribution in [0.25, 0.3) is 16.8 Å². The highest BCUT2D eigenvalue weighted by Gasteiger charge is 2.30. The van der Waals surface area contributed by atoms with E-state index in [1.54, 1.807) is 11.4 Å². The van der Waals surface area contributed by atoms with E-state index in [-0.39, 0.29) is 18.4 Å². The van der Waals surface area contributed by atoms with Crippen molar-refractivity contribution in [1.29, 1.82) is 0 Å². The highest BCUT2D eigenvalue weighted by molar-refractivity contribution is 5.93. The fourth-order valence-electron chi connectivity index (χ4n) is 3.02. The van der Waals surface area contributed by atoms with Gasteiger partial charge in [-0.3, -0.25) is 10.1 Å². The third-order valence-corrected chi connectivity index (χ3v) is 4.65. The third-order valence-electron chi connectivity index (χ3n) is 4.65. The predicted octanol–water partition coefficient (Wildman–Crippen LogP) is 3.02. The van der Waals surface area contributed by atoms with Gasteiger partial charge in [-0.05, 0) is 42.7 Å². The van der Waals surface area contributed by atoms with Crippen LogP contribution in [0.5, 0.6) is 5.75 Å². The zero-order chi connectivity index (χ0) is 19.8. The molecule has 0 saturated heterocycles. The number of rotatable bonds is 6. The first-order chi connectivity index (χ1) is 14.2. The Morgan fingerprint density at radius 1 is 1.24 bits per heavy atom. The van der Waals surface area contributed by atoms with E-state index in [2.05, 4.69) is 25.5 Å². The van der Waals surface area contributed by atoms with E-state index in [1.165, 1.54) is 0 Å². The maximum atomic E-state index is 12.0. The first-order valence-electron chi connectivity index (χ1n) is 9.34. The monoisotopic (exact) mass is 390 g/mol. The highest BCUT2D eigenvalue weighted by atomic mass is 16.5. The third kappa shape index (κ3) is 3.66. The van der Waals surface area contributed by atoms with Gasteiger partial charge in [0.1, 0.15) is 5.75 Å². The summed E-state index contributed by atoms with van der Waals surface area (Å²) in [7, 11) is 0. The molecule has 5 rings (SSSR count). The van der Waals surface area contributed by atoms with Crippen molar-refractivity contribution >= 4 is 17.5 Å². The lowest BCUT2D eigenvalue weighted by molar-refractivity contribution is -0.117. The van der Waals surface area contributed by atoms with Crippen LogP contribution in [0.1, 0.15) is 24.6 Å². The van der Waals surface area contributed by atoms with Crippen molar-refractivity contribution in [2.45, 2.75) is 26.4 Å². The largest absolute Gasteiger partial charge is 0.485 e. The number of aryl methyl sites for hydroxylation is 1. The summed E-state index contributed by atoms with van der Waals surface area (Å²) in [5.74, 6) is 2.12. The number of pyridine rings is 1. The maximum absolute atomic E-state index is 12.0. The van der Waals surface area contributed by atoms with Crippen molar-refractivity contribution in [2.24, 2.45) is 5.92 Å². The normalized spacial score (nSPS) is 13.6. The Labute approximate surface area is 165 Å². The second-order valence-corrected chi connectivity index (χ2v) is 6.93. The molecule has 1 saturated carbocycles. The summed E-state index contributed by atoms with van der Waals surface area (Å²) < 4.78 is 12.3. The lowest BCUT2D eigenvalue weighted by Crippen LogP contribution is -2.14. The minimum absolute atomic E-state index is 0.0132. The van der Waals surface area contributed by atoms with Crippen LogP contribution in [0.4, 0.5) is 5.95 Å². The van der Waals surface area contributed by atoms with E-state index >= 15 is 0 Å². The van der Waals surface area contributed by atoms with E-state index in [4.69, 9.17) is 9.26 Å². The number of anilines is 1. The molecule has 9 nitrogen and oxygen atoms in total. The highest BCUT2D eigenvalue weighted by Crippen LogP contribution is 2.30. The molecule has 1 amide bonds. The van der Waals surface area contributed by atoms with Gasteiger partial charge in [-0.15, -0.1) is 5.10 Å². The molecule has 4 aromatic rings. The lowest BCUT2D eigenvalue weighted by atomic mass is 10.1. The molecular formula is C20H18N6O3. The van der Waals surface area contributed by atoms with E-state index in [0.717, 1.165) is 24.0 Å². The summed E-state index contributed by atoms with van der Waals surface area (Å²) in [5, 5.41) is 11.0. The summed E-state index contributed by atoms with van der Waals surface area (Å²) in [6, 6.07) is 11.5. The molecule has 1 aliphatic carbocycles. The first kappa shape index (κ1) is 17.4. The Morgan fingerprint density at radius 2 is 2.07 bits per heavy atom. The van der Waals surface area contributed by atoms with E-state index < -0.39 is 0 Å². The number of ether oxygens (including phenoxy) is 1. The van der Waals surface area contributed by atoms with E-state index in [1.807, 2.05) is 42.6 Å². The number of hydrogen-bond acceptors (Lipinski definition) is 7. The Kier molecular flexibility index (Phi) is 4.19. The Bertz CT molecular complexity index is 1180. The fraction of sp³-hybridized carbons (Fsp3) is 0.250. The predicted molar refractivity (Wildman–Crippen MR) is 103 cm³/mol. The van der Waals surface area contributed by atoms with Gasteiger partial charge < -0.3 is 9.26 Å². The summed E-state index contributed by atoms with van der Waals surface area (Å²) >= 11 is 0. The number of hydrogen-bond donors (Lipinski definition) is 1. The second kappa shape index (κ2) is 7.01. The zero-order valence-electron chi connectivity index (χ0n) is 15.7. The van der Waals surface area contributed by atoms with Crippen LogP contribution in [-0.2, 0) is 11.4 Å². The molecular weight excluding hydrogens is 372 g/mol. The van der Waals surface area contributed by atoms with Crippen molar-refractivity contribution in [2.75, 3.05) is 5.32 Å². The number of amides is 1. The smallest absolute Gasteiger partial charge is 0.249 e. The summed E-state index contributed by atoms with van der Waals surface area (Å²) in [4.78, 5) is 20.6. The van der Waals surface area contributed by atoms with Crippen LogP contribution in [-0.4, -0.2) is 30.6 Å². The van der Waals surface area contributed by atoms with Gasteiger partial charge in [0.2, 0.25) is 23.6 Å². The van der Waals surface area contributed by atoms with Gasteiger partial charge in [0.15, 0.2) is 12.3 Å². The van der Waals surface area contributed by atoms with Gasteiger partial charge in [-0.2, -0.15) is 9.97 Å². The number of nitrogens with zero attached hydrogens (tertiary/aromatic N) is 5. The van der Waals surface area contributed by atoms with Gasteiger partial charge in [0, 0.05) is 24.6 Å². The zero-order valence-corrected chi connectivity index (χ0v) is 15.7. The molecule has 1 aromatic carbocycles. The summed E-state index contributed by atoms with van der Waals surface area (Å²) in [6.07, 6.45) is 3.68. The maximum Gasteiger partial charge on any atom is 0.249 e. The quantitative estimate of drug-likeness (QED) is 0.539. The fourth-order valence-corrected chi connectivity index (χ4v) is 3.02. The molecule has 1 aliphatic rings. The van der Waals surface area contributed by atoms with Crippen molar-refractivity contribution in [3.63, 3.8) is 0 Å². The van der Waals surface area contributed by atoms with E-state index in [9.17, 15) is 4.79 Å². The number of fused-ring (bicyclic) bond motifs is 1. The van der Waals surface area contributed by atoms with Crippen molar-refractivity contribution in [3.05, 3.63) is 54.3 Å². The second-order valence-electron chi connectivity index (χ2n) is 6.93. The molecule has 9 heteroatoms. The molecule has 3 aromatic heterocycles. The summed E-state index contributed by atoms with van der Waals surface area (Å²) in [5.41, 5.74) is 2.55. The van der Waals surface area contributed by atoms with Crippen LogP contribution < -0.4 is 10.1 Å². The van der Waals surface area contributed by atoms with Crippen LogP contribution >= 0.6 is 0 Å². The van der Waals surface area contributed by atoms with Crippen LogP contribution in [0.3, 0.4) is 0 Å². The van der Waals surface area contributed by atoms with Crippen LogP contribution in [0.15, 0.2) is 47.1 Å². The number of nitrogens with one attached hydrogen (secondary N) is 1. The number of aromatic nitrogens is 5. The molecule has 29 heavy (non-hydrogen) atoms. The van der Waals surface area contributed by atoms with Gasteiger partial charge >= 0.3 is 0 Å². The van der Waals surface area contributed by atoms with E-state index in [0.29, 0.717) is 29.1 Å². The average Bonchev–Trinajstić information content (AvgIpc) is 3.38. The van der Waals surface area contributed by atoms with Gasteiger partial charge in [0.25, 0.3) is 0 Å². The standard InChI is InChI=1S/C20H18N6O3/c1-12-21-17(25-29-12)11-28-15-8-6-13(7-9-15)16-3-2-10-26-18(16)22-20(24-26)23-19(27)14-4-5-14/h2-3,6-10,14H,4-5,11H2,1H3,(H,23,24,27). The first-order valence-corrected chi connectivity index (χ1v) is 9.34. The molecule has 0 aliphatic heterocycles. The molecule has 3 heterocycles. The Morgan fingerprint density at radius 3 is 2.79 bits per heavy atom. The number of carbonyl (C=O) groups is 1. The van der Waals surface area contributed by atoms with Crippen LogP contribution in [0.2, 0.25) is 0 Å². The minimum atomic E-state index is -0.0132. The Balaban J connectivity index is 1.35. The average molecular weight is 390 g/mol. The van der Waals surface area contributed by atoms with Gasteiger partial charge in [0.05, 0.1) is 0 Å². The topological polar surface area (TPSA) is 107 Å². The molecule has 0 atom stereocenters. The molecule has 146 valence electrons. The number of carbonyl (C=O) groups excluding carboxylic acids is 1. The van der Waals surface area contributed by atoms with Crippen molar-refractivity contribution in [3.8, 4) is 16.9 Å². The van der Waals surface area contributed by atoms with Gasteiger partial charge in [-0.1, -0.05) is 17.3 Å². The molecule has 0 radical (unpaired) electrons. The summed E-state index contributed by atoms with van der Waals surface area (Å²) in [6.45, 7) is 1.97. The molecule has 0 spiro atoms. The SMILES string of the molecule is Cc1nc(COc2ccc(-c3cccn4nc(NC(=O)C5CC5)nc34)cc2)no1. The molecule has 1 N–H and O–H groups in total. The van der Waals surface area contributed by atoms with Crippen molar-refractivity contribution in [1.82, 2.24) is 24.7 Å². The molecule has 0 bridgehead atoms. The van der Waals surface area contributed by atoms with Crippen molar-refractivity contribution < 1.29 is 14.1 Å². The number of benzene rings is 1. The van der Waals surface area contributed by atoms with Gasteiger partial charge in [-0.25, -0.2) is 4.52 Å². The lowest BCUT2D eigenvalue weighted by Gasteiger charge is -2.06. The minimum Gasteiger partial charge on any atom is -0.485 e. The molecule has 1 fully saturated rings.